The predicted octanol–water partition coefficient (Wildman–Crippen LogP) is 4.01. The number of amides is 1. The Morgan fingerprint density at radius 3 is 2.57 bits per heavy atom. The van der Waals surface area contributed by atoms with Gasteiger partial charge in [-0.3, -0.25) is 9.78 Å². The number of ether oxygens (including phenoxy) is 1. The van der Waals surface area contributed by atoms with Gasteiger partial charge in [-0.2, -0.15) is 4.98 Å². The lowest BCUT2D eigenvalue weighted by molar-refractivity contribution is -0.133. The lowest BCUT2D eigenvalue weighted by Gasteiger charge is -2.29. The molecule has 1 aliphatic heterocycles. The normalized spacial score (nSPS) is 19.9. The SMILES string of the molecule is C[C@H]1C[C@H]1C(=O)N1CCc2nc(-c3ccncc3)nc(Oc3ccc(F)cc3)c2C1. The largest absolute Gasteiger partial charge is 0.439 e. The van der Waals surface area contributed by atoms with Crippen LogP contribution in [0.4, 0.5) is 4.39 Å². The molecule has 5 rings (SSSR count). The van der Waals surface area contributed by atoms with E-state index < -0.39 is 0 Å². The molecule has 30 heavy (non-hydrogen) atoms. The Kier molecular flexibility index (Phi) is 4.65. The molecule has 0 radical (unpaired) electrons. The zero-order valence-corrected chi connectivity index (χ0v) is 16.6. The van der Waals surface area contributed by atoms with Crippen LogP contribution in [0.25, 0.3) is 11.4 Å². The number of hydrogen-bond acceptors (Lipinski definition) is 5. The van der Waals surface area contributed by atoms with Crippen molar-refractivity contribution in [1.82, 2.24) is 19.9 Å². The van der Waals surface area contributed by atoms with Gasteiger partial charge in [-0.15, -0.1) is 0 Å². The maximum Gasteiger partial charge on any atom is 0.228 e. The van der Waals surface area contributed by atoms with E-state index >= 15 is 0 Å². The molecule has 1 saturated carbocycles. The van der Waals surface area contributed by atoms with Crippen LogP contribution in [-0.4, -0.2) is 32.3 Å². The van der Waals surface area contributed by atoms with E-state index in [0.717, 1.165) is 23.2 Å². The molecule has 2 atom stereocenters. The number of carbonyl (C=O) groups is 1. The third-order valence-corrected chi connectivity index (χ3v) is 5.73. The van der Waals surface area contributed by atoms with Crippen molar-refractivity contribution in [2.24, 2.45) is 11.8 Å². The zero-order chi connectivity index (χ0) is 20.7. The van der Waals surface area contributed by atoms with E-state index in [-0.39, 0.29) is 17.6 Å². The number of pyridine rings is 1. The number of aromatic nitrogens is 3. The Morgan fingerprint density at radius 2 is 1.87 bits per heavy atom. The minimum Gasteiger partial charge on any atom is -0.439 e. The monoisotopic (exact) mass is 404 g/mol. The van der Waals surface area contributed by atoms with E-state index in [1.165, 1.54) is 12.1 Å². The predicted molar refractivity (Wildman–Crippen MR) is 108 cm³/mol. The molecule has 6 nitrogen and oxygen atoms in total. The lowest BCUT2D eigenvalue weighted by atomic mass is 10.0. The second-order valence-electron chi connectivity index (χ2n) is 7.90. The average Bonchev–Trinajstić information content (AvgIpc) is 3.51. The Bertz CT molecular complexity index is 1090. The smallest absolute Gasteiger partial charge is 0.228 e. The average molecular weight is 404 g/mol. The van der Waals surface area contributed by atoms with Crippen LogP contribution in [0.3, 0.4) is 0 Å². The molecule has 1 aromatic carbocycles. The van der Waals surface area contributed by atoms with Gasteiger partial charge in [0.15, 0.2) is 5.82 Å². The van der Waals surface area contributed by atoms with Crippen LogP contribution in [0, 0.1) is 17.7 Å². The van der Waals surface area contributed by atoms with Gasteiger partial charge in [0.1, 0.15) is 11.6 Å². The summed E-state index contributed by atoms with van der Waals surface area (Å²) in [4.78, 5) is 28.1. The van der Waals surface area contributed by atoms with Gasteiger partial charge in [0.2, 0.25) is 11.8 Å². The molecule has 1 aliphatic carbocycles. The quantitative estimate of drug-likeness (QED) is 0.657. The Labute approximate surface area is 173 Å². The maximum atomic E-state index is 13.3. The number of fused-ring (bicyclic) bond motifs is 1. The molecular weight excluding hydrogens is 383 g/mol. The van der Waals surface area contributed by atoms with E-state index in [0.29, 0.717) is 42.9 Å². The number of nitrogens with zero attached hydrogens (tertiary/aromatic N) is 4. The van der Waals surface area contributed by atoms with Gasteiger partial charge in [-0.25, -0.2) is 9.37 Å². The molecule has 3 aromatic rings. The van der Waals surface area contributed by atoms with Crippen LogP contribution < -0.4 is 4.74 Å². The Hall–Kier alpha value is -3.35. The van der Waals surface area contributed by atoms with Gasteiger partial charge >= 0.3 is 0 Å². The van der Waals surface area contributed by atoms with Crippen molar-refractivity contribution >= 4 is 5.91 Å². The van der Waals surface area contributed by atoms with E-state index in [1.807, 2.05) is 17.0 Å². The summed E-state index contributed by atoms with van der Waals surface area (Å²) in [6.45, 7) is 3.16. The van der Waals surface area contributed by atoms with Crippen LogP contribution in [0.2, 0.25) is 0 Å². The first-order chi connectivity index (χ1) is 14.6. The molecule has 1 amide bonds. The van der Waals surface area contributed by atoms with Gasteiger partial charge < -0.3 is 9.64 Å². The topological polar surface area (TPSA) is 68.2 Å². The third kappa shape index (κ3) is 3.63. The van der Waals surface area contributed by atoms with E-state index in [4.69, 9.17) is 9.72 Å². The Morgan fingerprint density at radius 1 is 1.13 bits per heavy atom. The lowest BCUT2D eigenvalue weighted by Crippen LogP contribution is -2.38. The fourth-order valence-electron chi connectivity index (χ4n) is 3.80. The molecule has 0 unspecified atom stereocenters. The van der Waals surface area contributed by atoms with Crippen molar-refractivity contribution < 1.29 is 13.9 Å². The summed E-state index contributed by atoms with van der Waals surface area (Å²) in [5.41, 5.74) is 2.52. The molecule has 1 fully saturated rings. The second-order valence-corrected chi connectivity index (χ2v) is 7.90. The first kappa shape index (κ1) is 18.7. The van der Waals surface area contributed by atoms with Crippen molar-refractivity contribution in [2.75, 3.05) is 6.54 Å². The van der Waals surface area contributed by atoms with Crippen molar-refractivity contribution in [3.8, 4) is 23.0 Å². The highest BCUT2D eigenvalue weighted by Crippen LogP contribution is 2.40. The summed E-state index contributed by atoms with van der Waals surface area (Å²) in [5.74, 6) is 1.88. The van der Waals surface area contributed by atoms with Gasteiger partial charge in [0.05, 0.1) is 17.8 Å². The first-order valence-electron chi connectivity index (χ1n) is 10.1. The molecule has 0 saturated heterocycles. The number of halogens is 1. The summed E-state index contributed by atoms with van der Waals surface area (Å²) in [7, 11) is 0. The maximum absolute atomic E-state index is 13.3. The second kappa shape index (κ2) is 7.48. The fraction of sp³-hybridized carbons (Fsp3) is 0.304. The van der Waals surface area contributed by atoms with Crippen LogP contribution in [0.5, 0.6) is 11.6 Å². The van der Waals surface area contributed by atoms with Gasteiger partial charge in [0, 0.05) is 36.8 Å². The van der Waals surface area contributed by atoms with Crippen molar-refractivity contribution in [3.63, 3.8) is 0 Å². The van der Waals surface area contributed by atoms with Gasteiger partial charge in [-0.1, -0.05) is 6.92 Å². The summed E-state index contributed by atoms with van der Waals surface area (Å²) >= 11 is 0. The zero-order valence-electron chi connectivity index (χ0n) is 16.6. The van der Waals surface area contributed by atoms with Crippen LogP contribution in [0.1, 0.15) is 24.6 Å². The number of hydrogen-bond donors (Lipinski definition) is 0. The van der Waals surface area contributed by atoms with E-state index in [2.05, 4.69) is 16.9 Å². The van der Waals surface area contributed by atoms with Gasteiger partial charge in [-0.05, 0) is 48.7 Å². The number of carbonyl (C=O) groups excluding carboxylic acids is 1. The third-order valence-electron chi connectivity index (χ3n) is 5.73. The van der Waals surface area contributed by atoms with Crippen LogP contribution in [0.15, 0.2) is 48.8 Å². The standard InChI is InChI=1S/C23H21FN4O2/c1-14-12-18(14)23(29)28-11-8-20-19(13-28)22(30-17-4-2-16(24)3-5-17)27-21(26-20)15-6-9-25-10-7-15/h2-7,9-10,14,18H,8,11-13H2,1H3/t14-,18+/m0/s1. The Balaban J connectivity index is 1.52. The molecule has 2 aromatic heterocycles. The highest BCUT2D eigenvalue weighted by molar-refractivity contribution is 5.82. The molecule has 2 aliphatic rings. The molecule has 0 spiro atoms. The molecular formula is C23H21FN4O2. The summed E-state index contributed by atoms with van der Waals surface area (Å²) < 4.78 is 19.4. The van der Waals surface area contributed by atoms with Crippen molar-refractivity contribution in [1.29, 1.82) is 0 Å². The molecule has 3 heterocycles. The highest BCUT2D eigenvalue weighted by atomic mass is 19.1. The summed E-state index contributed by atoms with van der Waals surface area (Å²) in [6, 6.07) is 9.50. The minimum atomic E-state index is -0.333. The number of benzene rings is 1. The summed E-state index contributed by atoms with van der Waals surface area (Å²) in [6.07, 6.45) is 4.98. The minimum absolute atomic E-state index is 0.130. The van der Waals surface area contributed by atoms with Crippen molar-refractivity contribution in [3.05, 3.63) is 65.9 Å². The molecule has 7 heteroatoms. The highest BCUT2D eigenvalue weighted by Gasteiger charge is 2.42. The first-order valence-corrected chi connectivity index (χ1v) is 10.1. The van der Waals surface area contributed by atoms with Gasteiger partial charge in [0.25, 0.3) is 0 Å². The number of rotatable bonds is 4. The molecule has 0 bridgehead atoms. The van der Waals surface area contributed by atoms with E-state index in [9.17, 15) is 9.18 Å². The van der Waals surface area contributed by atoms with Crippen molar-refractivity contribution in [2.45, 2.75) is 26.3 Å². The summed E-state index contributed by atoms with van der Waals surface area (Å²) in [5, 5.41) is 0. The van der Waals surface area contributed by atoms with Crippen LogP contribution >= 0.6 is 0 Å². The molecule has 152 valence electrons. The van der Waals surface area contributed by atoms with Crippen LogP contribution in [-0.2, 0) is 17.8 Å². The van der Waals surface area contributed by atoms with E-state index in [1.54, 1.807) is 24.5 Å². The molecule has 0 N–H and O–H groups in total. The fourth-order valence-corrected chi connectivity index (χ4v) is 3.80.